The van der Waals surface area contributed by atoms with Gasteiger partial charge in [0, 0.05) is 37.6 Å². The molecule has 6 rings (SSSR count). The lowest BCUT2D eigenvalue weighted by Crippen LogP contribution is -2.31. The van der Waals surface area contributed by atoms with Gasteiger partial charge in [-0.15, -0.1) is 0 Å². The van der Waals surface area contributed by atoms with Crippen molar-refractivity contribution in [2.75, 3.05) is 62.4 Å². The van der Waals surface area contributed by atoms with Crippen LogP contribution in [0.2, 0.25) is 0 Å². The zero-order valence-electron chi connectivity index (χ0n) is 18.5. The number of anilines is 2. The lowest BCUT2D eigenvalue weighted by atomic mass is 10.0. The molecule has 0 saturated carbocycles. The standard InChI is InChI=1S/C26H32N2O4/c1(19-3-7-21(8-4-19)27(11-23-15-29-23)12-24-16-30-24)2-20-5-9-22(10-6-20)28(13-25-17-31-25)14-26-18-32-26/h3-10,23-26H,1-2,11-18H2. The largest absolute Gasteiger partial charge is 0.371 e. The van der Waals surface area contributed by atoms with Crippen LogP contribution in [0.5, 0.6) is 0 Å². The normalized spacial score (nSPS) is 27.1. The van der Waals surface area contributed by atoms with Crippen LogP contribution in [0.15, 0.2) is 48.5 Å². The van der Waals surface area contributed by atoms with Crippen LogP contribution in [0, 0.1) is 0 Å². The average Bonchev–Trinajstić information content (AvgIpc) is 3.62. The number of aryl methyl sites for hydroxylation is 2. The molecule has 4 fully saturated rings. The fraction of sp³-hybridized carbons (Fsp3) is 0.538. The van der Waals surface area contributed by atoms with E-state index in [4.69, 9.17) is 18.9 Å². The van der Waals surface area contributed by atoms with Crippen molar-refractivity contribution in [3.05, 3.63) is 59.7 Å². The van der Waals surface area contributed by atoms with E-state index in [1.54, 1.807) is 0 Å². The lowest BCUT2D eigenvalue weighted by molar-refractivity contribution is 0.388. The Kier molecular flexibility index (Phi) is 5.78. The number of hydrogen-bond acceptors (Lipinski definition) is 6. The molecule has 170 valence electrons. The van der Waals surface area contributed by atoms with Crippen molar-refractivity contribution in [1.29, 1.82) is 0 Å². The van der Waals surface area contributed by atoms with Crippen LogP contribution in [0.4, 0.5) is 11.4 Å². The van der Waals surface area contributed by atoms with E-state index in [1.165, 1.54) is 22.5 Å². The molecule has 4 unspecified atom stereocenters. The zero-order valence-corrected chi connectivity index (χ0v) is 18.5. The monoisotopic (exact) mass is 436 g/mol. The van der Waals surface area contributed by atoms with E-state index in [0.29, 0.717) is 24.4 Å². The Balaban J connectivity index is 1.03. The van der Waals surface area contributed by atoms with Crippen molar-refractivity contribution in [2.24, 2.45) is 0 Å². The summed E-state index contributed by atoms with van der Waals surface area (Å²) < 4.78 is 21.8. The highest BCUT2D eigenvalue weighted by molar-refractivity contribution is 5.50. The second-order valence-corrected chi connectivity index (χ2v) is 9.46. The van der Waals surface area contributed by atoms with Crippen molar-refractivity contribution in [3.63, 3.8) is 0 Å². The lowest BCUT2D eigenvalue weighted by Gasteiger charge is -2.24. The molecule has 4 atom stereocenters. The Hall–Kier alpha value is -2.12. The molecular weight excluding hydrogens is 404 g/mol. The molecule has 4 saturated heterocycles. The molecule has 0 bridgehead atoms. The van der Waals surface area contributed by atoms with Gasteiger partial charge in [-0.3, -0.25) is 0 Å². The van der Waals surface area contributed by atoms with Crippen LogP contribution >= 0.6 is 0 Å². The summed E-state index contributed by atoms with van der Waals surface area (Å²) in [5.41, 5.74) is 5.29. The Morgan fingerprint density at radius 1 is 0.500 bits per heavy atom. The highest BCUT2D eigenvalue weighted by Gasteiger charge is 2.32. The second-order valence-electron chi connectivity index (χ2n) is 9.46. The molecule has 2 aromatic rings. The number of rotatable bonds is 13. The van der Waals surface area contributed by atoms with Crippen LogP contribution < -0.4 is 9.80 Å². The van der Waals surface area contributed by atoms with E-state index in [-0.39, 0.29) is 0 Å². The predicted molar refractivity (Wildman–Crippen MR) is 124 cm³/mol. The third-order valence-corrected chi connectivity index (χ3v) is 6.61. The molecule has 4 heterocycles. The summed E-state index contributed by atoms with van der Waals surface area (Å²) in [5.74, 6) is 0. The molecule has 2 aromatic carbocycles. The first-order valence-corrected chi connectivity index (χ1v) is 11.9. The van der Waals surface area contributed by atoms with Gasteiger partial charge in [-0.1, -0.05) is 24.3 Å². The molecular formula is C26H32N2O4. The quantitative estimate of drug-likeness (QED) is 0.450. The van der Waals surface area contributed by atoms with Crippen molar-refractivity contribution < 1.29 is 18.9 Å². The minimum Gasteiger partial charge on any atom is -0.371 e. The molecule has 0 aliphatic carbocycles. The van der Waals surface area contributed by atoms with E-state index < -0.39 is 0 Å². The SMILES string of the molecule is c1cc(N(CC2CO2)CC2CO2)ccc1CCc1ccc(N(CC2CO2)CC2CO2)cc1. The summed E-state index contributed by atoms with van der Waals surface area (Å²) in [7, 11) is 0. The van der Waals surface area contributed by atoms with E-state index in [0.717, 1.165) is 65.4 Å². The molecule has 6 heteroatoms. The fourth-order valence-corrected chi connectivity index (χ4v) is 4.28. The number of hydrogen-bond donors (Lipinski definition) is 0. The number of ether oxygens (including phenoxy) is 4. The van der Waals surface area contributed by atoms with Crippen molar-refractivity contribution in [3.8, 4) is 0 Å². The molecule has 0 N–H and O–H groups in total. The van der Waals surface area contributed by atoms with Gasteiger partial charge in [0.05, 0.1) is 50.8 Å². The second kappa shape index (κ2) is 9.02. The van der Waals surface area contributed by atoms with Gasteiger partial charge in [0.2, 0.25) is 0 Å². The van der Waals surface area contributed by atoms with Gasteiger partial charge in [-0.25, -0.2) is 0 Å². The summed E-state index contributed by atoms with van der Waals surface area (Å²) in [5, 5.41) is 0. The average molecular weight is 437 g/mol. The molecule has 4 aliphatic heterocycles. The first-order valence-electron chi connectivity index (χ1n) is 11.9. The summed E-state index contributed by atoms with van der Waals surface area (Å²) in [6, 6.07) is 18.1. The number of nitrogens with zero attached hydrogens (tertiary/aromatic N) is 2. The van der Waals surface area contributed by atoms with Crippen LogP contribution in [0.25, 0.3) is 0 Å². The third kappa shape index (κ3) is 5.81. The van der Waals surface area contributed by atoms with Crippen LogP contribution in [0.3, 0.4) is 0 Å². The highest BCUT2D eigenvalue weighted by Crippen LogP contribution is 2.25. The topological polar surface area (TPSA) is 56.6 Å². The fourth-order valence-electron chi connectivity index (χ4n) is 4.28. The smallest absolute Gasteiger partial charge is 0.0984 e. The summed E-state index contributed by atoms with van der Waals surface area (Å²) >= 11 is 0. The summed E-state index contributed by atoms with van der Waals surface area (Å²) in [6.45, 7) is 7.40. The molecule has 0 radical (unpaired) electrons. The molecule has 32 heavy (non-hydrogen) atoms. The Labute approximate surface area is 190 Å². The van der Waals surface area contributed by atoms with E-state index in [2.05, 4.69) is 58.3 Å². The van der Waals surface area contributed by atoms with E-state index in [9.17, 15) is 0 Å². The highest BCUT2D eigenvalue weighted by atomic mass is 16.6. The first kappa shape index (κ1) is 20.5. The minimum absolute atomic E-state index is 0.390. The van der Waals surface area contributed by atoms with Gasteiger partial charge in [-0.05, 0) is 48.2 Å². The molecule has 4 aliphatic rings. The van der Waals surface area contributed by atoms with Crippen molar-refractivity contribution in [1.82, 2.24) is 0 Å². The Bertz CT molecular complexity index is 784. The van der Waals surface area contributed by atoms with Gasteiger partial charge in [0.15, 0.2) is 0 Å². The maximum atomic E-state index is 5.44. The van der Waals surface area contributed by atoms with Gasteiger partial charge >= 0.3 is 0 Å². The van der Waals surface area contributed by atoms with Crippen LogP contribution in [-0.2, 0) is 31.8 Å². The van der Waals surface area contributed by atoms with E-state index in [1.807, 2.05) is 0 Å². The number of epoxide rings is 4. The third-order valence-electron chi connectivity index (χ3n) is 6.61. The van der Waals surface area contributed by atoms with Crippen LogP contribution in [-0.4, -0.2) is 77.0 Å². The molecule has 0 aromatic heterocycles. The zero-order chi connectivity index (χ0) is 21.3. The van der Waals surface area contributed by atoms with Crippen molar-refractivity contribution >= 4 is 11.4 Å². The Morgan fingerprint density at radius 3 is 1.03 bits per heavy atom. The summed E-state index contributed by atoms with van der Waals surface area (Å²) in [4.78, 5) is 4.81. The van der Waals surface area contributed by atoms with Gasteiger partial charge < -0.3 is 28.7 Å². The predicted octanol–water partition coefficient (Wildman–Crippen LogP) is 2.68. The first-order chi connectivity index (χ1) is 15.8. The molecule has 0 amide bonds. The molecule has 6 nitrogen and oxygen atoms in total. The Morgan fingerprint density at radius 2 is 0.781 bits per heavy atom. The maximum Gasteiger partial charge on any atom is 0.0984 e. The van der Waals surface area contributed by atoms with Crippen molar-refractivity contribution in [2.45, 2.75) is 37.3 Å². The maximum absolute atomic E-state index is 5.44. The number of benzene rings is 2. The van der Waals surface area contributed by atoms with Gasteiger partial charge in [0.25, 0.3) is 0 Å². The summed E-state index contributed by atoms with van der Waals surface area (Å²) in [6.07, 6.45) is 3.66. The van der Waals surface area contributed by atoms with Gasteiger partial charge in [0.1, 0.15) is 0 Å². The van der Waals surface area contributed by atoms with E-state index >= 15 is 0 Å². The minimum atomic E-state index is 0.390. The van der Waals surface area contributed by atoms with Gasteiger partial charge in [-0.2, -0.15) is 0 Å². The van der Waals surface area contributed by atoms with Crippen LogP contribution in [0.1, 0.15) is 11.1 Å². The molecule has 0 spiro atoms.